The van der Waals surface area contributed by atoms with E-state index in [-0.39, 0.29) is 62.0 Å². The second-order valence-corrected chi connectivity index (χ2v) is 10.7. The molecule has 36 heavy (non-hydrogen) atoms. The van der Waals surface area contributed by atoms with Crippen LogP contribution in [-0.4, -0.2) is 54.6 Å². The Morgan fingerprint density at radius 1 is 1.14 bits per heavy atom. The van der Waals surface area contributed by atoms with E-state index in [0.29, 0.717) is 5.56 Å². The van der Waals surface area contributed by atoms with Crippen molar-refractivity contribution in [3.8, 4) is 0 Å². The van der Waals surface area contributed by atoms with Crippen molar-refractivity contribution in [2.45, 2.75) is 72.0 Å². The maximum atomic E-state index is 12.6. The summed E-state index contributed by atoms with van der Waals surface area (Å²) in [5, 5.41) is 0. The van der Waals surface area contributed by atoms with Gasteiger partial charge in [-0.1, -0.05) is 13.8 Å². The van der Waals surface area contributed by atoms with Gasteiger partial charge in [0.1, 0.15) is 18.4 Å². The van der Waals surface area contributed by atoms with Gasteiger partial charge in [-0.2, -0.15) is 0 Å². The van der Waals surface area contributed by atoms with Crippen LogP contribution in [-0.2, 0) is 37.4 Å². The van der Waals surface area contributed by atoms with Crippen molar-refractivity contribution in [1.82, 2.24) is 4.57 Å². The van der Waals surface area contributed by atoms with E-state index < -0.39 is 38.6 Å². The molecule has 1 unspecified atom stereocenters. The summed E-state index contributed by atoms with van der Waals surface area (Å²) in [4.78, 5) is 48.7. The highest BCUT2D eigenvalue weighted by Crippen LogP contribution is 2.45. The Bertz CT molecular complexity index is 1030. The van der Waals surface area contributed by atoms with Gasteiger partial charge in [-0.15, -0.1) is 0 Å². The fourth-order valence-corrected chi connectivity index (χ4v) is 4.80. The molecule has 0 aromatic carbocycles. The fraction of sp³-hybridized carbons (Fsp3) is 0.667. The second kappa shape index (κ2) is 12.9. The number of rotatable bonds is 9. The van der Waals surface area contributed by atoms with E-state index >= 15 is 0 Å². The van der Waals surface area contributed by atoms with Gasteiger partial charge in [0.2, 0.25) is 0 Å². The molecule has 0 N–H and O–H groups in total. The van der Waals surface area contributed by atoms with Gasteiger partial charge in [0.15, 0.2) is 5.43 Å². The summed E-state index contributed by atoms with van der Waals surface area (Å²) >= 11 is 0. The minimum atomic E-state index is -1.68. The zero-order valence-electron chi connectivity index (χ0n) is 21.2. The summed E-state index contributed by atoms with van der Waals surface area (Å²) in [6.07, 6.45) is -0.444. The average molecular weight is 528 g/mol. The quantitative estimate of drug-likeness (QED) is 0.349. The van der Waals surface area contributed by atoms with E-state index in [4.69, 9.17) is 27.8 Å². The summed E-state index contributed by atoms with van der Waals surface area (Å²) < 4.78 is 35.2. The van der Waals surface area contributed by atoms with Crippen LogP contribution in [0.5, 0.6) is 0 Å². The van der Waals surface area contributed by atoms with Gasteiger partial charge in [0.05, 0.1) is 38.3 Å². The summed E-state index contributed by atoms with van der Waals surface area (Å²) in [6.45, 7) is 9.20. The van der Waals surface area contributed by atoms with Crippen LogP contribution < -0.4 is 11.0 Å². The minimum absolute atomic E-state index is 0.00218. The molecule has 200 valence electrons. The molecule has 3 heterocycles. The van der Waals surface area contributed by atoms with Crippen molar-refractivity contribution < 1.29 is 37.4 Å². The third-order valence-corrected chi connectivity index (χ3v) is 6.66. The van der Waals surface area contributed by atoms with Gasteiger partial charge in [0.25, 0.3) is 5.56 Å². The molecule has 0 bridgehead atoms. The number of carbonyl (C=O) groups is 2. The molecule has 3 rings (SSSR count). The molecule has 2 saturated heterocycles. The SMILES string of the molecule is Cc1cn(C2C[C@@H](OC(=O)C(C)C)[C@H](COP3OCC(CC(=O)OC(C)C)CO3)O2)c(=O)ccc1=O. The van der Waals surface area contributed by atoms with Crippen molar-refractivity contribution >= 4 is 20.5 Å². The molecular weight excluding hydrogens is 493 g/mol. The lowest BCUT2D eigenvalue weighted by Crippen LogP contribution is -2.32. The third-order valence-electron chi connectivity index (χ3n) is 5.58. The molecule has 1 aromatic heterocycles. The van der Waals surface area contributed by atoms with Gasteiger partial charge in [-0.25, -0.2) is 0 Å². The highest BCUT2D eigenvalue weighted by molar-refractivity contribution is 7.41. The molecule has 2 fully saturated rings. The van der Waals surface area contributed by atoms with Crippen LogP contribution in [0.25, 0.3) is 0 Å². The van der Waals surface area contributed by atoms with Crippen molar-refractivity contribution in [1.29, 1.82) is 0 Å². The molecule has 11 nitrogen and oxygen atoms in total. The maximum Gasteiger partial charge on any atom is 0.332 e. The Morgan fingerprint density at radius 3 is 2.47 bits per heavy atom. The summed E-state index contributed by atoms with van der Waals surface area (Å²) in [6, 6.07) is 2.41. The molecule has 0 amide bonds. The Balaban J connectivity index is 1.62. The third kappa shape index (κ3) is 7.91. The summed E-state index contributed by atoms with van der Waals surface area (Å²) in [5.74, 6) is -1.18. The molecule has 0 saturated carbocycles. The van der Waals surface area contributed by atoms with E-state index in [1.54, 1.807) is 34.6 Å². The van der Waals surface area contributed by atoms with E-state index in [9.17, 15) is 19.2 Å². The van der Waals surface area contributed by atoms with E-state index in [1.165, 1.54) is 22.9 Å². The number of hydrogen-bond acceptors (Lipinski definition) is 10. The smallest absolute Gasteiger partial charge is 0.332 e. The van der Waals surface area contributed by atoms with Crippen molar-refractivity contribution in [2.24, 2.45) is 11.8 Å². The van der Waals surface area contributed by atoms with Crippen LogP contribution >= 0.6 is 8.60 Å². The average Bonchev–Trinajstić information content (AvgIpc) is 3.15. The zero-order chi connectivity index (χ0) is 26.4. The van der Waals surface area contributed by atoms with Crippen LogP contribution in [0, 0.1) is 18.8 Å². The molecule has 0 spiro atoms. The Hall–Kier alpha value is -2.17. The van der Waals surface area contributed by atoms with Gasteiger partial charge in [-0.3, -0.25) is 23.7 Å². The number of aryl methyl sites for hydroxylation is 1. The molecule has 12 heteroatoms. The van der Waals surface area contributed by atoms with Gasteiger partial charge in [-0.05, 0) is 26.8 Å². The first-order valence-corrected chi connectivity index (χ1v) is 13.1. The number of esters is 2. The van der Waals surface area contributed by atoms with Gasteiger partial charge >= 0.3 is 20.5 Å². The first kappa shape index (κ1) is 28.4. The van der Waals surface area contributed by atoms with E-state index in [1.807, 2.05) is 0 Å². The van der Waals surface area contributed by atoms with Crippen molar-refractivity contribution in [3.05, 3.63) is 44.5 Å². The fourth-order valence-electron chi connectivity index (χ4n) is 3.65. The molecule has 2 aliphatic rings. The number of ether oxygens (including phenoxy) is 3. The zero-order valence-corrected chi connectivity index (χ0v) is 22.1. The molecule has 2 aliphatic heterocycles. The monoisotopic (exact) mass is 527 g/mol. The minimum Gasteiger partial charge on any atom is -0.463 e. The lowest BCUT2D eigenvalue weighted by atomic mass is 10.1. The largest absolute Gasteiger partial charge is 0.463 e. The first-order chi connectivity index (χ1) is 17.0. The standard InChI is InChI=1S/C24H34NO10P/c1-14(2)24(29)35-19-9-22(25-10-16(5)18(26)6-7-21(25)27)34-20(19)13-32-36-30-11-17(12-31-36)8-23(28)33-15(3)4/h6-7,10,14-15,17,19-20,22H,8-9,11-13H2,1-5H3/t17?,19-,20+,22?,36?/m1/s1. The van der Waals surface area contributed by atoms with Gasteiger partial charge in [0, 0.05) is 30.2 Å². The molecular formula is C24H34NO10P. The predicted molar refractivity (Wildman–Crippen MR) is 129 cm³/mol. The summed E-state index contributed by atoms with van der Waals surface area (Å²) in [5.41, 5.74) is -0.293. The van der Waals surface area contributed by atoms with Gasteiger partial charge < -0.3 is 27.8 Å². The van der Waals surface area contributed by atoms with Crippen LogP contribution in [0.2, 0.25) is 0 Å². The molecule has 1 aromatic rings. The van der Waals surface area contributed by atoms with Crippen molar-refractivity contribution in [3.63, 3.8) is 0 Å². The lowest BCUT2D eigenvalue weighted by Gasteiger charge is -2.28. The maximum absolute atomic E-state index is 12.6. The Morgan fingerprint density at radius 2 is 1.83 bits per heavy atom. The van der Waals surface area contributed by atoms with E-state index in [0.717, 1.165) is 0 Å². The number of carbonyl (C=O) groups excluding carboxylic acids is 2. The van der Waals surface area contributed by atoms with Crippen molar-refractivity contribution in [2.75, 3.05) is 19.8 Å². The molecule has 3 atom stereocenters. The predicted octanol–water partition coefficient (Wildman–Crippen LogP) is 2.62. The van der Waals surface area contributed by atoms with Crippen LogP contribution in [0.3, 0.4) is 0 Å². The highest BCUT2D eigenvalue weighted by Gasteiger charge is 2.41. The van der Waals surface area contributed by atoms with E-state index in [2.05, 4.69) is 0 Å². The normalized spacial score (nSPS) is 26.2. The molecule has 0 radical (unpaired) electrons. The van der Waals surface area contributed by atoms with Crippen LogP contribution in [0.1, 0.15) is 52.3 Å². The number of nitrogens with zero attached hydrogens (tertiary/aromatic N) is 1. The molecule has 0 aliphatic carbocycles. The summed E-state index contributed by atoms with van der Waals surface area (Å²) in [7, 11) is -1.68. The topological polar surface area (TPSA) is 129 Å². The second-order valence-electron chi connectivity index (χ2n) is 9.47. The Kier molecular flexibility index (Phi) is 10.2. The Labute approximate surface area is 211 Å². The lowest BCUT2D eigenvalue weighted by molar-refractivity contribution is -0.157. The highest BCUT2D eigenvalue weighted by atomic mass is 31.2. The first-order valence-electron chi connectivity index (χ1n) is 12.0. The van der Waals surface area contributed by atoms with Crippen LogP contribution in [0.4, 0.5) is 0 Å². The van der Waals surface area contributed by atoms with Crippen LogP contribution in [0.15, 0.2) is 27.9 Å². The number of aromatic nitrogens is 1. The number of hydrogen-bond donors (Lipinski definition) is 0.